The van der Waals surface area contributed by atoms with Crippen molar-refractivity contribution in [3.05, 3.63) is 231 Å². The van der Waals surface area contributed by atoms with E-state index in [4.69, 9.17) is 19.3 Å². The number of aromatic nitrogens is 3. The van der Waals surface area contributed by atoms with Crippen molar-refractivity contribution in [2.75, 3.05) is 20.0 Å². The lowest BCUT2D eigenvalue weighted by Crippen LogP contribution is -2.50. The van der Waals surface area contributed by atoms with Crippen LogP contribution < -0.4 is 20.0 Å². The van der Waals surface area contributed by atoms with E-state index in [9.17, 15) is 64.8 Å². The molecule has 6 heterocycles. The molecule has 6 amide bonds. The van der Waals surface area contributed by atoms with Gasteiger partial charge in [0.1, 0.15) is 5.84 Å². The minimum Gasteiger partial charge on any atom is -0.494 e. The van der Waals surface area contributed by atoms with Gasteiger partial charge >= 0.3 is 12.4 Å². The second kappa shape index (κ2) is 22.4. The minimum atomic E-state index is -5.47. The van der Waals surface area contributed by atoms with Crippen molar-refractivity contribution in [2.45, 2.75) is 36.0 Å². The van der Waals surface area contributed by atoms with E-state index in [-0.39, 0.29) is 67.5 Å². The van der Waals surface area contributed by atoms with Gasteiger partial charge in [0, 0.05) is 96.8 Å². The summed E-state index contributed by atoms with van der Waals surface area (Å²) in [6, 6.07) is 26.9. The lowest BCUT2D eigenvalue weighted by atomic mass is 9.54. The lowest BCUT2D eigenvalue weighted by Gasteiger charge is -2.44. The van der Waals surface area contributed by atoms with Crippen LogP contribution in [0.5, 0.6) is 35.3 Å². The minimum absolute atomic E-state index is 0.00414. The number of alkyl halides is 6. The summed E-state index contributed by atoms with van der Waals surface area (Å²) in [6.45, 7) is 0. The third kappa shape index (κ3) is 8.88. The zero-order valence-corrected chi connectivity index (χ0v) is 54.8. The number of nitrogens with one attached hydrogen (secondary N) is 2. The molecule has 9 aromatic rings. The number of allylic oxidation sites excluding steroid dienone is 6. The Kier molecular flexibility index (Phi) is 13.7. The molecule has 21 rings (SSSR count). The van der Waals surface area contributed by atoms with Gasteiger partial charge in [0.25, 0.3) is 0 Å². The van der Waals surface area contributed by atoms with Gasteiger partial charge in [0.2, 0.25) is 70.7 Å². The van der Waals surface area contributed by atoms with Crippen LogP contribution in [-0.4, -0.2) is 85.6 Å². The number of carbonyl (C=O) groups is 6. The fourth-order valence-electron chi connectivity index (χ4n) is 18.4. The molecule has 20 nitrogen and oxygen atoms in total. The maximum absolute atomic E-state index is 15.7. The number of carbonyl (C=O) groups excluding carboxylic acids is 6. The van der Waals surface area contributed by atoms with Crippen molar-refractivity contribution in [1.29, 1.82) is 5.41 Å². The molecule has 3 aromatic heterocycles. The Morgan fingerprint density at radius 1 is 0.383 bits per heavy atom. The van der Waals surface area contributed by atoms with Gasteiger partial charge in [-0.25, -0.2) is 9.80 Å². The van der Waals surface area contributed by atoms with Gasteiger partial charge in [-0.1, -0.05) is 84.5 Å². The van der Waals surface area contributed by atoms with Crippen LogP contribution in [-0.2, 0) is 41.1 Å². The van der Waals surface area contributed by atoms with Crippen molar-refractivity contribution in [3.63, 3.8) is 0 Å². The Bertz CT molecular complexity index is 5760. The second-order valence-corrected chi connectivity index (χ2v) is 27.7. The van der Waals surface area contributed by atoms with E-state index in [1.54, 1.807) is 78.9 Å². The normalized spacial score (nSPS) is 24.3. The van der Waals surface area contributed by atoms with Gasteiger partial charge in [-0.2, -0.15) is 26.3 Å². The molecule has 12 unspecified atom stereocenters. The number of hydrogen-bond donors (Lipinski definition) is 8. The number of benzene rings is 6. The number of terminal acetylenes is 3. The monoisotopic (exact) mass is 1440 g/mol. The summed E-state index contributed by atoms with van der Waals surface area (Å²) < 4.78 is 96.3. The molecule has 8 N–H and O–H groups in total. The summed E-state index contributed by atoms with van der Waals surface area (Å²) in [5.74, 6) is -15.1. The molecule has 3 saturated heterocycles. The number of amides is 6. The molecule has 12 aliphatic rings. The first-order valence-corrected chi connectivity index (χ1v) is 33.5. The average molecular weight is 1440 g/mol. The molecule has 6 aromatic carbocycles. The molecule has 6 bridgehead atoms. The first-order chi connectivity index (χ1) is 51.1. The van der Waals surface area contributed by atoms with Crippen molar-refractivity contribution in [2.24, 2.45) is 47.3 Å². The predicted molar refractivity (Wildman–Crippen MR) is 372 cm³/mol. The first-order valence-electron chi connectivity index (χ1n) is 33.5. The fourth-order valence-corrected chi connectivity index (χ4v) is 18.4. The first kappa shape index (κ1) is 65.4. The van der Waals surface area contributed by atoms with Crippen LogP contribution in [0.2, 0.25) is 0 Å². The van der Waals surface area contributed by atoms with Crippen LogP contribution in [0.1, 0.15) is 90.4 Å². The highest BCUT2D eigenvalue weighted by Gasteiger charge is 2.69. The predicted octanol–water partition coefficient (Wildman–Crippen LogP) is 11.8. The number of nitrogens with zero attached hydrogens (tertiary/aromatic N) is 6. The van der Waals surface area contributed by atoms with Crippen LogP contribution in [0.25, 0.3) is 28.2 Å². The number of aromatic hydroxyl groups is 6. The Morgan fingerprint density at radius 3 is 1.13 bits per heavy atom. The molecular formula is C81H50F6N8O12. The Balaban J connectivity index is 0.683. The summed E-state index contributed by atoms with van der Waals surface area (Å²) in [6.07, 6.45) is 15.4. The molecule has 9 aliphatic carbocycles. The molecule has 12 atom stereocenters. The third-order valence-electron chi connectivity index (χ3n) is 22.7. The fraction of sp³-hybridized carbons (Fsp3) is 0.173. The van der Waals surface area contributed by atoms with Gasteiger partial charge in [0.05, 0.1) is 80.8 Å². The number of rotatable bonds is 9. The number of amidine groups is 1. The van der Waals surface area contributed by atoms with Gasteiger partial charge in [-0.05, 0) is 108 Å². The summed E-state index contributed by atoms with van der Waals surface area (Å²) in [5, 5.41) is 87.1. The average Bonchev–Trinajstić information content (AvgIpc) is 1.55. The summed E-state index contributed by atoms with van der Waals surface area (Å²) >= 11 is 0. The summed E-state index contributed by atoms with van der Waals surface area (Å²) in [4.78, 5) is 88.8. The molecule has 1 saturated carbocycles. The van der Waals surface area contributed by atoms with E-state index in [1.165, 1.54) is 48.6 Å². The number of anilines is 4. The van der Waals surface area contributed by atoms with Gasteiger partial charge in [-0.3, -0.25) is 52.8 Å². The van der Waals surface area contributed by atoms with E-state index >= 15 is 26.3 Å². The maximum Gasteiger partial charge on any atom is 0.417 e. The number of imide groups is 3. The molecule has 26 heteroatoms. The number of hydrogen-bond acceptors (Lipinski definition) is 13. The zero-order valence-electron chi connectivity index (χ0n) is 54.8. The van der Waals surface area contributed by atoms with Crippen LogP contribution in [0, 0.1) is 89.8 Å². The molecule has 528 valence electrons. The zero-order chi connectivity index (χ0) is 74.9. The van der Waals surface area contributed by atoms with Crippen molar-refractivity contribution in [1.82, 2.24) is 13.7 Å². The second-order valence-electron chi connectivity index (χ2n) is 27.7. The standard InChI is InChI=1S/C81H50F6N8O12/c1-4-34-10-7-13-38(26-34)89-67(88)37-29-43(94-76(104)63-49-22-23-50(64(63)77(94)105)58-57(49)70(98)91(71(58)99)40-15-9-12-36(6-3)28-40)31-44(30-37)95-78(106)65-51-24-25-52(66(65)79(95)107)62-61(51)74(102)93(75(62)103)42-17-19-46(54(33-42)81(85,86)87)45-18-16-41(32-53(45)80(82,83)84)92-72(100)59-47-20-21-48(60(59)73(92)101)56-55(47)68(96)90(69(56)97)39-14-8-11-35(5-2)27-39/h1-3,7-33,47-52,55-60,102-107H,(H2,88,89). The van der Waals surface area contributed by atoms with E-state index in [0.29, 0.717) is 56.1 Å². The quantitative estimate of drug-likeness (QED) is 0.0167. The molecule has 3 aliphatic heterocycles. The highest BCUT2D eigenvalue weighted by atomic mass is 19.4. The summed E-state index contributed by atoms with van der Waals surface area (Å²) in [5.41, 5.74) is -5.23. The highest BCUT2D eigenvalue weighted by molar-refractivity contribution is 6.27. The van der Waals surface area contributed by atoms with Crippen molar-refractivity contribution < 1.29 is 85.7 Å². The van der Waals surface area contributed by atoms with Gasteiger partial charge in [-0.15, -0.1) is 19.3 Å². The van der Waals surface area contributed by atoms with E-state index < -0.39 is 188 Å². The third-order valence-corrected chi connectivity index (χ3v) is 22.7. The maximum atomic E-state index is 15.7. The summed E-state index contributed by atoms with van der Waals surface area (Å²) in [7, 11) is 0. The molecule has 0 spiro atoms. The lowest BCUT2D eigenvalue weighted by molar-refractivity contribution is -0.139. The molecule has 107 heavy (non-hydrogen) atoms. The topological polar surface area (TPSA) is 284 Å². The molecular weight excluding hydrogens is 1390 g/mol. The van der Waals surface area contributed by atoms with Crippen LogP contribution in [0.15, 0.2) is 164 Å². The largest absolute Gasteiger partial charge is 0.494 e. The van der Waals surface area contributed by atoms with Crippen LogP contribution >= 0.6 is 0 Å². The Labute approximate surface area is 600 Å². The Morgan fingerprint density at radius 2 is 0.729 bits per heavy atom. The van der Waals surface area contributed by atoms with Crippen LogP contribution in [0.3, 0.4) is 0 Å². The van der Waals surface area contributed by atoms with Gasteiger partial charge < -0.3 is 36.0 Å². The SMILES string of the molecule is C#Cc1cccc(NC(=N)c2cc(-n3c(O)c4c(c3O)C3C=CC4c4c3c(O)n(-c3ccc(-c5ccc(N6C(=O)C7C8C=CC(C9C(=O)N(c%10cccc(C#C)c%10)C(=O)C89)C7C6=O)cc5C(F)(F)F)c(C(F)(F)F)c3)c4O)cc(-n3c(O)c4c(c3O)C3C=CC4C4C(=O)N(c5cccc(C#C)c5)C(=O)C34)c2)c1. The number of halogens is 6. The van der Waals surface area contributed by atoms with E-state index in [2.05, 4.69) is 23.1 Å². The van der Waals surface area contributed by atoms with Crippen molar-refractivity contribution in [3.8, 4) is 101 Å². The molecule has 4 fully saturated rings. The van der Waals surface area contributed by atoms with E-state index in [1.807, 2.05) is 0 Å². The van der Waals surface area contributed by atoms with Crippen LogP contribution in [0.4, 0.5) is 49.1 Å². The smallest absolute Gasteiger partial charge is 0.417 e. The highest BCUT2D eigenvalue weighted by Crippen LogP contribution is 2.65. The molecule has 0 radical (unpaired) electrons. The van der Waals surface area contributed by atoms with E-state index in [0.717, 1.165) is 31.1 Å². The van der Waals surface area contributed by atoms with Crippen molar-refractivity contribution >= 4 is 64.0 Å². The Hall–Kier alpha value is -13.7. The van der Waals surface area contributed by atoms with Gasteiger partial charge in [0.15, 0.2) is 0 Å².